The van der Waals surface area contributed by atoms with Crippen molar-refractivity contribution in [1.82, 2.24) is 0 Å². The summed E-state index contributed by atoms with van der Waals surface area (Å²) in [6.07, 6.45) is -4.45. The maximum absolute atomic E-state index is 11.3. The molecule has 0 aromatic rings. The third-order valence-electron chi connectivity index (χ3n) is 0.628. The predicted octanol–water partition coefficient (Wildman–Crippen LogP) is 2.59. The van der Waals surface area contributed by atoms with Crippen molar-refractivity contribution in [2.75, 3.05) is 0 Å². The Morgan fingerprint density at radius 2 is 1.78 bits per heavy atom. The lowest BCUT2D eigenvalue weighted by Crippen LogP contribution is -2.07. The SMILES string of the molecule is C=C(C=CF)C(F)(F)F. The Morgan fingerprint density at radius 1 is 1.33 bits per heavy atom. The highest BCUT2D eigenvalue weighted by atomic mass is 19.4. The Morgan fingerprint density at radius 3 is 1.89 bits per heavy atom. The molecule has 0 aliphatic rings. The molecule has 0 N–H and O–H groups in total. The first-order valence-electron chi connectivity index (χ1n) is 2.01. The predicted molar refractivity (Wildman–Crippen MR) is 25.4 cm³/mol. The monoisotopic (exact) mass is 140 g/mol. The molecule has 0 aromatic carbocycles. The highest BCUT2D eigenvalue weighted by Crippen LogP contribution is 2.24. The van der Waals surface area contributed by atoms with Gasteiger partial charge in [-0.1, -0.05) is 6.58 Å². The van der Waals surface area contributed by atoms with E-state index in [-0.39, 0.29) is 12.4 Å². The van der Waals surface area contributed by atoms with E-state index in [1.807, 2.05) is 0 Å². The summed E-state index contributed by atoms with van der Waals surface area (Å²) in [7, 11) is 0. The average Bonchev–Trinajstić information content (AvgIpc) is 1.64. The van der Waals surface area contributed by atoms with Crippen LogP contribution in [0, 0.1) is 0 Å². The normalized spacial score (nSPS) is 12.4. The van der Waals surface area contributed by atoms with E-state index in [4.69, 9.17) is 0 Å². The summed E-state index contributed by atoms with van der Waals surface area (Å²) in [6.45, 7) is 2.56. The molecule has 0 nitrogen and oxygen atoms in total. The van der Waals surface area contributed by atoms with Crippen LogP contribution in [0.1, 0.15) is 0 Å². The molecule has 0 rings (SSSR count). The van der Waals surface area contributed by atoms with E-state index in [0.29, 0.717) is 0 Å². The molecule has 9 heavy (non-hydrogen) atoms. The molecular weight excluding hydrogens is 136 g/mol. The zero-order chi connectivity index (χ0) is 7.49. The molecule has 0 aromatic heterocycles. The summed E-state index contributed by atoms with van der Waals surface area (Å²) in [5, 5.41) is 0. The Hall–Kier alpha value is -0.800. The third kappa shape index (κ3) is 2.90. The molecule has 0 fully saturated rings. The zero-order valence-corrected chi connectivity index (χ0v) is 4.37. The molecule has 0 amide bonds. The van der Waals surface area contributed by atoms with Crippen molar-refractivity contribution in [2.45, 2.75) is 6.18 Å². The fourth-order valence-corrected chi connectivity index (χ4v) is 0.171. The van der Waals surface area contributed by atoms with Gasteiger partial charge in [-0.25, -0.2) is 4.39 Å². The summed E-state index contributed by atoms with van der Waals surface area (Å²) in [5.41, 5.74) is -1.19. The van der Waals surface area contributed by atoms with Crippen LogP contribution in [0.4, 0.5) is 17.6 Å². The number of hydrogen-bond acceptors (Lipinski definition) is 0. The van der Waals surface area contributed by atoms with Gasteiger partial charge in [-0.3, -0.25) is 0 Å². The quantitative estimate of drug-likeness (QED) is 0.388. The molecule has 0 unspecified atom stereocenters. The highest BCUT2D eigenvalue weighted by Gasteiger charge is 2.29. The third-order valence-corrected chi connectivity index (χ3v) is 0.628. The molecule has 0 heterocycles. The number of alkyl halides is 3. The van der Waals surface area contributed by atoms with Gasteiger partial charge in [0.25, 0.3) is 0 Å². The van der Waals surface area contributed by atoms with Gasteiger partial charge in [-0.15, -0.1) is 0 Å². The van der Waals surface area contributed by atoms with Gasteiger partial charge in [0.2, 0.25) is 0 Å². The largest absolute Gasteiger partial charge is 0.415 e. The van der Waals surface area contributed by atoms with E-state index in [1.165, 1.54) is 0 Å². The van der Waals surface area contributed by atoms with Gasteiger partial charge < -0.3 is 0 Å². The first-order valence-corrected chi connectivity index (χ1v) is 2.01. The zero-order valence-electron chi connectivity index (χ0n) is 4.37. The minimum atomic E-state index is -4.51. The van der Waals surface area contributed by atoms with Crippen LogP contribution in [0.2, 0.25) is 0 Å². The van der Waals surface area contributed by atoms with E-state index >= 15 is 0 Å². The van der Waals surface area contributed by atoms with Gasteiger partial charge in [0, 0.05) is 0 Å². The number of hydrogen-bond donors (Lipinski definition) is 0. The van der Waals surface area contributed by atoms with Gasteiger partial charge in [0.1, 0.15) is 0 Å². The van der Waals surface area contributed by atoms with Crippen LogP contribution in [-0.2, 0) is 0 Å². The standard InChI is InChI=1S/C5H4F4/c1-4(2-3-6)5(7,8)9/h2-3H,1H2. The molecule has 0 saturated carbocycles. The summed E-state index contributed by atoms with van der Waals surface area (Å²) in [4.78, 5) is 0. The first-order chi connectivity index (χ1) is 3.98. The second-order valence-electron chi connectivity index (χ2n) is 1.32. The van der Waals surface area contributed by atoms with Crippen LogP contribution in [0.25, 0.3) is 0 Å². The number of allylic oxidation sites excluding steroid dienone is 2. The summed E-state index contributed by atoms with van der Waals surface area (Å²) < 4.78 is 45.0. The molecule has 0 aliphatic carbocycles. The van der Waals surface area contributed by atoms with E-state index in [9.17, 15) is 17.6 Å². The van der Waals surface area contributed by atoms with Crippen molar-refractivity contribution in [3.8, 4) is 0 Å². The van der Waals surface area contributed by atoms with Crippen molar-refractivity contribution < 1.29 is 17.6 Å². The maximum atomic E-state index is 11.3. The molecule has 0 aliphatic heterocycles. The lowest BCUT2D eigenvalue weighted by Gasteiger charge is -2.02. The van der Waals surface area contributed by atoms with E-state index < -0.39 is 11.7 Å². The van der Waals surface area contributed by atoms with Crippen molar-refractivity contribution in [3.05, 3.63) is 24.6 Å². The van der Waals surface area contributed by atoms with Crippen LogP contribution >= 0.6 is 0 Å². The summed E-state index contributed by atoms with van der Waals surface area (Å²) in [6, 6.07) is 0. The van der Waals surface area contributed by atoms with Crippen LogP contribution < -0.4 is 0 Å². The minimum Gasteiger partial charge on any atom is -0.216 e. The Bertz CT molecular complexity index is 130. The van der Waals surface area contributed by atoms with Crippen LogP contribution in [0.3, 0.4) is 0 Å². The second-order valence-corrected chi connectivity index (χ2v) is 1.32. The Balaban J connectivity index is 4.06. The maximum Gasteiger partial charge on any atom is 0.415 e. The molecular formula is C5H4F4. The Kier molecular flexibility index (Phi) is 2.42. The minimum absolute atomic E-state index is 0.199. The fraction of sp³-hybridized carbons (Fsp3) is 0.200. The van der Waals surface area contributed by atoms with Crippen molar-refractivity contribution in [2.24, 2.45) is 0 Å². The van der Waals surface area contributed by atoms with E-state index in [2.05, 4.69) is 6.58 Å². The molecule has 4 heteroatoms. The van der Waals surface area contributed by atoms with Gasteiger partial charge in [0.05, 0.1) is 11.9 Å². The molecule has 0 bridgehead atoms. The van der Waals surface area contributed by atoms with Gasteiger partial charge in [-0.05, 0) is 6.08 Å². The van der Waals surface area contributed by atoms with Gasteiger partial charge in [-0.2, -0.15) is 13.2 Å². The van der Waals surface area contributed by atoms with Crippen LogP contribution in [0.15, 0.2) is 24.6 Å². The van der Waals surface area contributed by atoms with Crippen LogP contribution in [0.5, 0.6) is 0 Å². The van der Waals surface area contributed by atoms with Crippen molar-refractivity contribution in [3.63, 3.8) is 0 Å². The Labute approximate surface area is 49.5 Å². The molecule has 52 valence electrons. The summed E-state index contributed by atoms with van der Waals surface area (Å²) in [5.74, 6) is 0. The number of rotatable bonds is 1. The van der Waals surface area contributed by atoms with E-state index in [0.717, 1.165) is 0 Å². The second kappa shape index (κ2) is 2.66. The number of halogens is 4. The van der Waals surface area contributed by atoms with Crippen molar-refractivity contribution in [1.29, 1.82) is 0 Å². The lowest BCUT2D eigenvalue weighted by molar-refractivity contribution is -0.0878. The molecule has 0 atom stereocenters. The fourth-order valence-electron chi connectivity index (χ4n) is 0.171. The first kappa shape index (κ1) is 8.20. The topological polar surface area (TPSA) is 0 Å². The smallest absolute Gasteiger partial charge is 0.216 e. The van der Waals surface area contributed by atoms with Crippen molar-refractivity contribution >= 4 is 0 Å². The molecule has 0 spiro atoms. The van der Waals surface area contributed by atoms with Crippen LogP contribution in [-0.4, -0.2) is 6.18 Å². The molecule has 0 saturated heterocycles. The average molecular weight is 140 g/mol. The highest BCUT2D eigenvalue weighted by molar-refractivity contribution is 5.17. The van der Waals surface area contributed by atoms with Gasteiger partial charge >= 0.3 is 6.18 Å². The molecule has 0 radical (unpaired) electrons. The van der Waals surface area contributed by atoms with E-state index in [1.54, 1.807) is 0 Å². The lowest BCUT2D eigenvalue weighted by atomic mass is 10.3. The summed E-state index contributed by atoms with van der Waals surface area (Å²) >= 11 is 0. The van der Waals surface area contributed by atoms with Gasteiger partial charge in [0.15, 0.2) is 0 Å².